The van der Waals surface area contributed by atoms with Crippen LogP contribution in [-0.2, 0) is 42.9 Å². The number of alkyl halides is 3. The molecule has 7 rings (SSSR count). The van der Waals surface area contributed by atoms with Crippen molar-refractivity contribution in [2.45, 2.75) is 94.6 Å². The lowest BCUT2D eigenvalue weighted by Crippen LogP contribution is -2.54. The maximum absolute atomic E-state index is 14.2. The SMILES string of the molecule is Nc1c(Cl)cc(CC(OC(=O)N2CCC(N3CCc4ccccc4NC3=O)CC2)C(=O)N2CCC(N3CCC(NCC(=O)OCCN4CCCC4=O)CC3)CC2)cc1C(F)(F)F. The number of nitrogens with one attached hydrogen (secondary N) is 2. The first-order valence-corrected chi connectivity index (χ1v) is 22.1. The summed E-state index contributed by atoms with van der Waals surface area (Å²) >= 11 is 6.15. The van der Waals surface area contributed by atoms with Crippen molar-refractivity contribution in [3.63, 3.8) is 0 Å². The second-order valence-corrected chi connectivity index (χ2v) is 17.2. The van der Waals surface area contributed by atoms with Gasteiger partial charge in [-0.1, -0.05) is 29.8 Å². The molecular weight excluding hydrogens is 833 g/mol. The number of hydrogen-bond acceptors (Lipinski definition) is 10. The third kappa shape index (κ3) is 11.2. The van der Waals surface area contributed by atoms with Crippen molar-refractivity contribution in [1.29, 1.82) is 0 Å². The first kappa shape index (κ1) is 45.2. The van der Waals surface area contributed by atoms with E-state index >= 15 is 0 Å². The monoisotopic (exact) mass is 888 g/mol. The number of nitrogens with zero attached hydrogens (tertiary/aromatic N) is 5. The van der Waals surface area contributed by atoms with Crippen LogP contribution in [-0.4, -0.2) is 151 Å². The first-order chi connectivity index (χ1) is 29.7. The van der Waals surface area contributed by atoms with Gasteiger partial charge in [-0.25, -0.2) is 9.59 Å². The molecule has 1 atom stereocenters. The van der Waals surface area contributed by atoms with Gasteiger partial charge in [-0.3, -0.25) is 14.4 Å². The molecular formula is C43H56ClF3N8O7. The fraction of sp³-hybridized carbons (Fsp3) is 0.605. The Morgan fingerprint density at radius 3 is 2.27 bits per heavy atom. The minimum Gasteiger partial charge on any atom is -0.463 e. The molecule has 0 aromatic heterocycles. The largest absolute Gasteiger partial charge is 0.463 e. The van der Waals surface area contributed by atoms with Gasteiger partial charge in [0, 0.05) is 75.9 Å². The molecule has 0 bridgehead atoms. The summed E-state index contributed by atoms with van der Waals surface area (Å²) in [7, 11) is 0. The number of fused-ring (bicyclic) bond motifs is 1. The van der Waals surface area contributed by atoms with Gasteiger partial charge >= 0.3 is 24.3 Å². The van der Waals surface area contributed by atoms with E-state index in [-0.39, 0.29) is 79.3 Å². The number of amides is 5. The number of anilines is 2. The molecule has 5 aliphatic heterocycles. The fourth-order valence-electron chi connectivity index (χ4n) is 9.33. The maximum atomic E-state index is 14.2. The molecule has 2 aromatic carbocycles. The molecule has 5 heterocycles. The number of rotatable bonds is 12. The number of carbonyl (C=O) groups excluding carboxylic acids is 5. The van der Waals surface area contributed by atoms with Crippen molar-refractivity contribution in [2.24, 2.45) is 0 Å². The standard InChI is InChI=1S/C43H56ClF3N8O7/c44-34-25-28(24-33(39(34)48)43(45,46)47)26-36(62-42(60)54-19-12-32(13-20-54)55-21-7-29-4-1-2-5-35(29)50-41(55)59)40(58)53-17-10-31(11-18-53)51-15-8-30(9-16-51)49-27-38(57)61-23-22-52-14-3-6-37(52)56/h1-2,4-5,24-25,30-32,36,49H,3,6-23,26-27,48H2,(H,50,59). The minimum atomic E-state index is -4.80. The molecule has 0 spiro atoms. The zero-order valence-electron chi connectivity index (χ0n) is 34.8. The molecule has 4 saturated heterocycles. The van der Waals surface area contributed by atoms with Gasteiger partial charge < -0.3 is 50.3 Å². The highest BCUT2D eigenvalue weighted by Crippen LogP contribution is 2.38. The highest BCUT2D eigenvalue weighted by molar-refractivity contribution is 6.33. The number of ether oxygens (including phenoxy) is 2. The molecule has 0 aliphatic carbocycles. The summed E-state index contributed by atoms with van der Waals surface area (Å²) in [6, 6.07) is 9.78. The molecule has 338 valence electrons. The summed E-state index contributed by atoms with van der Waals surface area (Å²) in [5, 5.41) is 5.96. The van der Waals surface area contributed by atoms with E-state index in [1.807, 2.05) is 24.3 Å². The third-order valence-corrected chi connectivity index (χ3v) is 13.2. The Labute approximate surface area is 364 Å². The molecule has 4 fully saturated rings. The van der Waals surface area contributed by atoms with Crippen molar-refractivity contribution >= 4 is 52.9 Å². The number of nitrogen functional groups attached to an aromatic ring is 1. The van der Waals surface area contributed by atoms with E-state index in [4.69, 9.17) is 26.8 Å². The minimum absolute atomic E-state index is 0.0488. The molecule has 4 N–H and O–H groups in total. The lowest BCUT2D eigenvalue weighted by atomic mass is 9.97. The predicted molar refractivity (Wildman–Crippen MR) is 224 cm³/mol. The summed E-state index contributed by atoms with van der Waals surface area (Å²) in [5.74, 6) is -0.761. The van der Waals surface area contributed by atoms with Crippen molar-refractivity contribution in [3.8, 4) is 0 Å². The normalized spacial score (nSPS) is 20.5. The average Bonchev–Trinajstić information content (AvgIpc) is 3.59. The van der Waals surface area contributed by atoms with Gasteiger partial charge in [0.1, 0.15) is 6.61 Å². The Morgan fingerprint density at radius 2 is 1.58 bits per heavy atom. The van der Waals surface area contributed by atoms with E-state index in [9.17, 15) is 37.1 Å². The zero-order valence-corrected chi connectivity index (χ0v) is 35.6. The van der Waals surface area contributed by atoms with E-state index < -0.39 is 35.5 Å². The van der Waals surface area contributed by atoms with Gasteiger partial charge in [-0.2, -0.15) is 13.2 Å². The van der Waals surface area contributed by atoms with E-state index in [1.165, 1.54) is 11.0 Å². The lowest BCUT2D eigenvalue weighted by molar-refractivity contribution is -0.144. The Morgan fingerprint density at radius 1 is 0.887 bits per heavy atom. The number of carbonyl (C=O) groups is 5. The fourth-order valence-corrected chi connectivity index (χ4v) is 9.57. The van der Waals surface area contributed by atoms with Gasteiger partial charge in [0.2, 0.25) is 5.91 Å². The second-order valence-electron chi connectivity index (χ2n) is 16.8. The summed E-state index contributed by atoms with van der Waals surface area (Å²) in [5.41, 5.74) is 5.81. The molecule has 2 aromatic rings. The Hall–Kier alpha value is -4.81. The van der Waals surface area contributed by atoms with Crippen LogP contribution in [0.3, 0.4) is 0 Å². The number of likely N-dealkylation sites (tertiary alicyclic amines) is 4. The van der Waals surface area contributed by atoms with Gasteiger partial charge in [-0.15, -0.1) is 0 Å². The number of para-hydroxylation sites is 1. The molecule has 5 amide bonds. The number of piperidine rings is 3. The van der Waals surface area contributed by atoms with Gasteiger partial charge in [0.05, 0.1) is 29.4 Å². The molecule has 19 heteroatoms. The highest BCUT2D eigenvalue weighted by atomic mass is 35.5. The quantitative estimate of drug-likeness (QED) is 0.200. The van der Waals surface area contributed by atoms with Crippen LogP contribution < -0.4 is 16.4 Å². The van der Waals surface area contributed by atoms with Gasteiger partial charge in [0.15, 0.2) is 6.10 Å². The van der Waals surface area contributed by atoms with Gasteiger partial charge in [-0.05, 0) is 93.8 Å². The number of esters is 1. The van der Waals surface area contributed by atoms with Crippen LogP contribution in [0, 0.1) is 0 Å². The highest BCUT2D eigenvalue weighted by Gasteiger charge is 2.39. The second kappa shape index (κ2) is 20.1. The topological polar surface area (TPSA) is 170 Å². The number of urea groups is 1. The summed E-state index contributed by atoms with van der Waals surface area (Å²) in [4.78, 5) is 74.1. The first-order valence-electron chi connectivity index (χ1n) is 21.7. The molecule has 1 unspecified atom stereocenters. The van der Waals surface area contributed by atoms with Crippen LogP contribution >= 0.6 is 11.6 Å². The van der Waals surface area contributed by atoms with Crippen LogP contribution in [0.15, 0.2) is 36.4 Å². The van der Waals surface area contributed by atoms with Crippen molar-refractivity contribution in [1.82, 2.24) is 29.8 Å². The van der Waals surface area contributed by atoms with Crippen LogP contribution in [0.25, 0.3) is 0 Å². The van der Waals surface area contributed by atoms with Crippen molar-refractivity contribution < 1.29 is 46.6 Å². The third-order valence-electron chi connectivity index (χ3n) is 12.9. The Kier molecular flexibility index (Phi) is 14.7. The molecule has 5 aliphatic rings. The Bertz CT molecular complexity index is 1950. The summed E-state index contributed by atoms with van der Waals surface area (Å²) in [6.07, 6.45) is -1.33. The van der Waals surface area contributed by atoms with Crippen LogP contribution in [0.1, 0.15) is 68.1 Å². The Balaban J connectivity index is 0.914. The maximum Gasteiger partial charge on any atom is 0.418 e. The summed E-state index contributed by atoms with van der Waals surface area (Å²) < 4.78 is 53.0. The van der Waals surface area contributed by atoms with E-state index in [2.05, 4.69) is 15.5 Å². The van der Waals surface area contributed by atoms with E-state index in [0.717, 1.165) is 49.7 Å². The number of nitrogens with two attached hydrogens (primary N) is 1. The predicted octanol–water partition coefficient (Wildman–Crippen LogP) is 4.75. The molecule has 0 saturated carbocycles. The number of hydrogen-bond donors (Lipinski definition) is 3. The van der Waals surface area contributed by atoms with Crippen LogP contribution in [0.5, 0.6) is 0 Å². The van der Waals surface area contributed by atoms with Crippen LogP contribution in [0.2, 0.25) is 5.02 Å². The van der Waals surface area contributed by atoms with E-state index in [1.54, 1.807) is 14.7 Å². The summed E-state index contributed by atoms with van der Waals surface area (Å²) in [6.45, 7) is 4.77. The average molecular weight is 889 g/mol. The van der Waals surface area contributed by atoms with Crippen molar-refractivity contribution in [3.05, 3.63) is 58.1 Å². The number of halogens is 4. The smallest absolute Gasteiger partial charge is 0.418 e. The molecule has 0 radical (unpaired) electrons. The lowest BCUT2D eigenvalue weighted by Gasteiger charge is -2.42. The number of benzene rings is 2. The van der Waals surface area contributed by atoms with Crippen molar-refractivity contribution in [2.75, 3.05) is 83.1 Å². The van der Waals surface area contributed by atoms with E-state index in [0.29, 0.717) is 71.2 Å². The molecule has 15 nitrogen and oxygen atoms in total. The molecule has 62 heavy (non-hydrogen) atoms. The van der Waals surface area contributed by atoms with Gasteiger partial charge in [0.25, 0.3) is 5.91 Å². The zero-order chi connectivity index (χ0) is 44.0. The van der Waals surface area contributed by atoms with Crippen LogP contribution in [0.4, 0.5) is 34.1 Å².